The molecule has 2 aromatic carbocycles. The van der Waals surface area contributed by atoms with Crippen LogP contribution in [0.1, 0.15) is 60.6 Å². The lowest BCUT2D eigenvalue weighted by atomic mass is 9.87. The molecule has 3 aliphatic heterocycles. The van der Waals surface area contributed by atoms with Crippen molar-refractivity contribution >= 4 is 33.4 Å². The van der Waals surface area contributed by atoms with Crippen molar-refractivity contribution < 1.29 is 14.3 Å². The Labute approximate surface area is 272 Å². The number of halogens is 1. The maximum Gasteiger partial charge on any atom is 0.282 e. The number of imide groups is 1. The van der Waals surface area contributed by atoms with Gasteiger partial charge in [0.1, 0.15) is 10.2 Å². The van der Waals surface area contributed by atoms with E-state index < -0.39 is 6.10 Å². The van der Waals surface area contributed by atoms with Gasteiger partial charge in [-0.2, -0.15) is 5.10 Å². The first-order valence-electron chi connectivity index (χ1n) is 15.8. The molecule has 1 aromatic heterocycles. The lowest BCUT2D eigenvalue weighted by molar-refractivity contribution is -0.138. The van der Waals surface area contributed by atoms with Gasteiger partial charge in [-0.05, 0) is 96.0 Å². The maximum absolute atomic E-state index is 12.3. The van der Waals surface area contributed by atoms with Crippen molar-refractivity contribution in [3.8, 4) is 5.75 Å². The van der Waals surface area contributed by atoms with Crippen LogP contribution in [0.5, 0.6) is 5.75 Å². The van der Waals surface area contributed by atoms with Gasteiger partial charge in [0.25, 0.3) is 11.5 Å². The molecule has 3 aliphatic rings. The molecule has 238 valence electrons. The molecular weight excluding hydrogens is 636 g/mol. The van der Waals surface area contributed by atoms with Crippen molar-refractivity contribution in [1.29, 1.82) is 0 Å². The van der Waals surface area contributed by atoms with Crippen LogP contribution in [-0.4, -0.2) is 76.8 Å². The summed E-state index contributed by atoms with van der Waals surface area (Å²) in [6.07, 6.45) is 5.03. The molecule has 0 bridgehead atoms. The van der Waals surface area contributed by atoms with Crippen LogP contribution in [0.25, 0.3) is 0 Å². The summed E-state index contributed by atoms with van der Waals surface area (Å²) < 4.78 is 7.69. The zero-order chi connectivity index (χ0) is 31.5. The number of nitrogens with one attached hydrogen (secondary N) is 2. The Kier molecular flexibility index (Phi) is 9.67. The average Bonchev–Trinajstić information content (AvgIpc) is 3.03. The largest absolute Gasteiger partial charge is 0.481 e. The fraction of sp³-hybridized carbons (Fsp3) is 0.471. The fourth-order valence-corrected chi connectivity index (χ4v) is 7.32. The first-order chi connectivity index (χ1) is 21.7. The minimum atomic E-state index is -0.609. The van der Waals surface area contributed by atoms with Crippen LogP contribution in [0.4, 0.5) is 5.69 Å². The van der Waals surface area contributed by atoms with Crippen molar-refractivity contribution in [3.05, 3.63) is 86.2 Å². The summed E-state index contributed by atoms with van der Waals surface area (Å²) in [6.45, 7) is 4.96. The third-order valence-corrected chi connectivity index (χ3v) is 10.1. The summed E-state index contributed by atoms with van der Waals surface area (Å²) in [6, 6.07) is 17.5. The fourth-order valence-electron chi connectivity index (χ4n) is 6.84. The molecule has 2 amide bonds. The second-order valence-electron chi connectivity index (χ2n) is 12.7. The Hall–Kier alpha value is -3.54. The monoisotopic (exact) mass is 676 g/mol. The Morgan fingerprint density at radius 3 is 2.33 bits per heavy atom. The van der Waals surface area contributed by atoms with Gasteiger partial charge >= 0.3 is 0 Å². The second-order valence-corrected chi connectivity index (χ2v) is 13.5. The van der Waals surface area contributed by atoms with E-state index in [1.807, 2.05) is 12.1 Å². The van der Waals surface area contributed by atoms with Gasteiger partial charge < -0.3 is 15.0 Å². The third kappa shape index (κ3) is 7.65. The summed E-state index contributed by atoms with van der Waals surface area (Å²) in [5.41, 5.74) is 4.58. The van der Waals surface area contributed by atoms with E-state index >= 15 is 0 Å². The smallest absolute Gasteiger partial charge is 0.282 e. The van der Waals surface area contributed by atoms with Crippen molar-refractivity contribution in [3.63, 3.8) is 0 Å². The van der Waals surface area contributed by atoms with E-state index in [1.54, 1.807) is 13.2 Å². The van der Waals surface area contributed by atoms with E-state index in [0.29, 0.717) is 34.9 Å². The molecule has 6 rings (SSSR count). The number of hydrogen-bond acceptors (Lipinski definition) is 8. The van der Waals surface area contributed by atoms with Gasteiger partial charge in [0, 0.05) is 45.6 Å². The zero-order valence-corrected chi connectivity index (χ0v) is 27.5. The van der Waals surface area contributed by atoms with Crippen molar-refractivity contribution in [2.24, 2.45) is 7.05 Å². The van der Waals surface area contributed by atoms with Crippen LogP contribution in [0.15, 0.2) is 64.0 Å². The summed E-state index contributed by atoms with van der Waals surface area (Å²) in [4.78, 5) is 40.6. The number of aromatic nitrogens is 2. The highest BCUT2D eigenvalue weighted by Gasteiger charge is 2.29. The number of amides is 2. The minimum absolute atomic E-state index is 0.145. The quantitative estimate of drug-likeness (QED) is 0.345. The molecular formula is C34H41BrN6O4. The molecule has 0 saturated carbocycles. The highest BCUT2D eigenvalue weighted by molar-refractivity contribution is 9.10. The predicted octanol–water partition coefficient (Wildman–Crippen LogP) is 4.01. The van der Waals surface area contributed by atoms with E-state index in [2.05, 4.69) is 84.9 Å². The number of carbonyl (C=O) groups is 2. The van der Waals surface area contributed by atoms with Crippen LogP contribution >= 0.6 is 15.9 Å². The number of carbonyl (C=O) groups excluding carboxylic acids is 2. The summed E-state index contributed by atoms with van der Waals surface area (Å²) in [7, 11) is 3.80. The summed E-state index contributed by atoms with van der Waals surface area (Å²) in [5.74, 6) is 0.985. The molecule has 45 heavy (non-hydrogen) atoms. The second kappa shape index (κ2) is 13.8. The summed E-state index contributed by atoms with van der Waals surface area (Å²) >= 11 is 3.44. The number of anilines is 1. The number of aryl methyl sites for hydroxylation is 1. The van der Waals surface area contributed by atoms with Crippen LogP contribution in [0, 0.1) is 0 Å². The first-order valence-corrected chi connectivity index (χ1v) is 16.6. The van der Waals surface area contributed by atoms with Gasteiger partial charge in [0.15, 0.2) is 6.10 Å². The standard InChI is InChI=1S/C34H41BrN6O4/c1-39-20-26(17-27(21-39)37-29-18-36-40(2)34(44)32(29)35)24-5-3-22(4-6-24)19-41-15-13-25(14-16-41)23-7-9-28(10-8-23)45-30-11-12-31(42)38-33(30)43/h3-10,18,25-27,30,37H,11-17,19-21H2,1-2H3,(H,38,42,43). The van der Waals surface area contributed by atoms with Gasteiger partial charge in [0.2, 0.25) is 5.91 Å². The SMILES string of the molecule is CN1CC(Nc2cnn(C)c(=O)c2Br)CC(c2ccc(CN3CCC(c4ccc(OC5CCC(=O)NC5=O)cc4)CC3)cc2)C1. The molecule has 3 aromatic rings. The van der Waals surface area contributed by atoms with Gasteiger partial charge in [-0.15, -0.1) is 0 Å². The predicted molar refractivity (Wildman–Crippen MR) is 176 cm³/mol. The van der Waals surface area contributed by atoms with E-state index in [-0.39, 0.29) is 23.4 Å². The number of likely N-dealkylation sites (tertiary alicyclic amines) is 2. The zero-order valence-electron chi connectivity index (χ0n) is 25.9. The normalized spacial score (nSPS) is 23.5. The van der Waals surface area contributed by atoms with Gasteiger partial charge in [-0.1, -0.05) is 36.4 Å². The van der Waals surface area contributed by atoms with Crippen LogP contribution in [0.2, 0.25) is 0 Å². The number of ether oxygens (including phenoxy) is 1. The number of rotatable bonds is 8. The molecule has 0 spiro atoms. The van der Waals surface area contributed by atoms with Crippen molar-refractivity contribution in [2.45, 2.75) is 62.6 Å². The van der Waals surface area contributed by atoms with Gasteiger partial charge in [0.05, 0.1) is 11.9 Å². The molecule has 0 aliphatic carbocycles. The number of likely N-dealkylation sites (N-methyl/N-ethyl adjacent to an activating group) is 1. The number of piperidine rings is 3. The van der Waals surface area contributed by atoms with Crippen LogP contribution < -0.4 is 20.9 Å². The molecule has 4 heterocycles. The van der Waals surface area contributed by atoms with Crippen molar-refractivity contribution in [2.75, 3.05) is 38.5 Å². The van der Waals surface area contributed by atoms with Gasteiger partial charge in [-0.3, -0.25) is 24.6 Å². The highest BCUT2D eigenvalue weighted by Crippen LogP contribution is 2.32. The van der Waals surface area contributed by atoms with Gasteiger partial charge in [-0.25, -0.2) is 4.68 Å². The molecule has 2 N–H and O–H groups in total. The van der Waals surface area contributed by atoms with E-state index in [0.717, 1.165) is 57.7 Å². The van der Waals surface area contributed by atoms with Crippen molar-refractivity contribution in [1.82, 2.24) is 24.9 Å². The Morgan fingerprint density at radius 1 is 0.933 bits per heavy atom. The highest BCUT2D eigenvalue weighted by atomic mass is 79.9. The topological polar surface area (TPSA) is 109 Å². The molecule has 3 atom stereocenters. The van der Waals surface area contributed by atoms with Crippen LogP contribution in [-0.2, 0) is 23.2 Å². The van der Waals surface area contributed by atoms with E-state index in [9.17, 15) is 14.4 Å². The lowest BCUT2D eigenvalue weighted by Gasteiger charge is -2.37. The summed E-state index contributed by atoms with van der Waals surface area (Å²) in [5, 5.41) is 10.1. The number of benzene rings is 2. The Bertz CT molecular complexity index is 1570. The first kappa shape index (κ1) is 31.4. The molecule has 0 radical (unpaired) electrons. The third-order valence-electron chi connectivity index (χ3n) is 9.33. The molecule has 3 fully saturated rings. The maximum atomic E-state index is 12.3. The average molecular weight is 678 g/mol. The number of nitrogens with zero attached hydrogens (tertiary/aromatic N) is 4. The molecule has 3 saturated heterocycles. The minimum Gasteiger partial charge on any atom is -0.481 e. The molecule has 11 heteroatoms. The number of hydrogen-bond donors (Lipinski definition) is 2. The lowest BCUT2D eigenvalue weighted by Crippen LogP contribution is -2.46. The Balaban J connectivity index is 0.983. The van der Waals surface area contributed by atoms with E-state index in [4.69, 9.17) is 4.74 Å². The molecule has 3 unspecified atom stereocenters. The van der Waals surface area contributed by atoms with Crippen LogP contribution in [0.3, 0.4) is 0 Å². The van der Waals surface area contributed by atoms with E-state index in [1.165, 1.54) is 21.4 Å². The molecule has 10 nitrogen and oxygen atoms in total. The Morgan fingerprint density at radius 2 is 1.62 bits per heavy atom.